The van der Waals surface area contributed by atoms with E-state index in [9.17, 15) is 0 Å². The number of hydrogen-bond donors (Lipinski definition) is 0. The van der Waals surface area contributed by atoms with E-state index in [1.165, 1.54) is 18.2 Å². The lowest BCUT2D eigenvalue weighted by Crippen LogP contribution is -2.48. The van der Waals surface area contributed by atoms with Crippen molar-refractivity contribution >= 4 is 23.6 Å². The minimum absolute atomic E-state index is 0.771. The molecular formula is C20H21ClN3O+. The molecule has 1 aliphatic carbocycles. The van der Waals surface area contributed by atoms with Crippen molar-refractivity contribution in [3.05, 3.63) is 46.1 Å². The maximum absolute atomic E-state index is 6.68. The van der Waals surface area contributed by atoms with Gasteiger partial charge in [-0.2, -0.15) is 4.58 Å². The Hall–Kier alpha value is -1.91. The molecule has 3 heterocycles. The van der Waals surface area contributed by atoms with E-state index in [1.807, 2.05) is 6.20 Å². The summed E-state index contributed by atoms with van der Waals surface area (Å²) < 4.78 is 7.74. The standard InChI is InChI=1S/C20H21ClN3O/c21-20-16(4-5-18-17(20)13-24(18)12-14-1-2-14)15-3-6-19(22-11-15)23-7-9-25-10-8-23/h3-6,11,13-14H,1-2,7-10,12H2/q+1. The summed E-state index contributed by atoms with van der Waals surface area (Å²) in [5, 5.41) is 3.26. The number of ether oxygens (including phenoxy) is 1. The Balaban J connectivity index is 1.43. The van der Waals surface area contributed by atoms with Gasteiger partial charge in [0.05, 0.1) is 18.2 Å². The Kier molecular flexibility index (Phi) is 3.75. The van der Waals surface area contributed by atoms with Gasteiger partial charge in [-0.25, -0.2) is 4.98 Å². The highest BCUT2D eigenvalue weighted by atomic mass is 35.5. The van der Waals surface area contributed by atoms with Gasteiger partial charge in [-0.15, -0.1) is 0 Å². The van der Waals surface area contributed by atoms with Crippen molar-refractivity contribution in [2.24, 2.45) is 5.92 Å². The second-order valence-electron chi connectivity index (χ2n) is 7.09. The van der Waals surface area contributed by atoms with Crippen molar-refractivity contribution in [2.45, 2.75) is 12.8 Å². The van der Waals surface area contributed by atoms with Crippen LogP contribution in [0.2, 0.25) is 5.02 Å². The first-order valence-corrected chi connectivity index (χ1v) is 9.40. The van der Waals surface area contributed by atoms with E-state index in [4.69, 9.17) is 16.3 Å². The number of morpholine rings is 1. The van der Waals surface area contributed by atoms with Gasteiger partial charge in [0.25, 0.3) is 0 Å². The zero-order valence-electron chi connectivity index (χ0n) is 14.1. The van der Waals surface area contributed by atoms with Crippen LogP contribution in [0.4, 0.5) is 5.82 Å². The van der Waals surface area contributed by atoms with Crippen molar-refractivity contribution < 1.29 is 4.74 Å². The van der Waals surface area contributed by atoms with Crippen molar-refractivity contribution in [3.63, 3.8) is 0 Å². The second-order valence-corrected chi connectivity index (χ2v) is 7.47. The molecule has 0 unspecified atom stereocenters. The van der Waals surface area contributed by atoms with Crippen LogP contribution in [0, 0.1) is 5.92 Å². The van der Waals surface area contributed by atoms with Crippen LogP contribution < -0.4 is 20.1 Å². The average Bonchev–Trinajstić information content (AvgIpc) is 3.46. The normalized spacial score (nSPS) is 19.2. The summed E-state index contributed by atoms with van der Waals surface area (Å²) in [6.45, 7) is 4.48. The van der Waals surface area contributed by atoms with E-state index < -0.39 is 0 Å². The zero-order chi connectivity index (χ0) is 16.8. The predicted molar refractivity (Wildman–Crippen MR) is 100 cm³/mol. The Labute approximate surface area is 152 Å². The number of fused-ring (bicyclic) bond motifs is 1. The zero-order valence-corrected chi connectivity index (χ0v) is 14.9. The van der Waals surface area contributed by atoms with Gasteiger partial charge < -0.3 is 9.64 Å². The fraction of sp³-hybridized carbons (Fsp3) is 0.400. The van der Waals surface area contributed by atoms with Crippen LogP contribution in [-0.2, 0) is 4.74 Å². The Bertz CT molecular complexity index is 929. The van der Waals surface area contributed by atoms with Crippen molar-refractivity contribution in [2.75, 3.05) is 37.7 Å². The number of rotatable bonds is 4. The number of aromatic nitrogens is 1. The van der Waals surface area contributed by atoms with Crippen LogP contribution in [0.25, 0.3) is 17.3 Å². The number of anilines is 1. The van der Waals surface area contributed by atoms with Crippen LogP contribution in [0.1, 0.15) is 12.8 Å². The maximum atomic E-state index is 6.68. The van der Waals surface area contributed by atoms with Crippen LogP contribution in [-0.4, -0.2) is 37.8 Å². The summed E-state index contributed by atoms with van der Waals surface area (Å²) in [7, 11) is 0. The van der Waals surface area contributed by atoms with Gasteiger partial charge in [0.2, 0.25) is 5.36 Å². The van der Waals surface area contributed by atoms with Gasteiger partial charge in [0.15, 0.2) is 12.7 Å². The summed E-state index contributed by atoms with van der Waals surface area (Å²) in [5.41, 5.74) is 2.13. The minimum atomic E-state index is 0.771. The molecule has 5 rings (SSSR count). The van der Waals surface area contributed by atoms with Gasteiger partial charge in [-0.05, 0) is 31.0 Å². The molecule has 1 saturated heterocycles. The Morgan fingerprint density at radius 3 is 2.72 bits per heavy atom. The SMILES string of the molecule is Clc1c(-c2ccc(N3CCOCC3)nc2)ccc2c1=C[N+]=2CC1CC1. The third-order valence-corrected chi connectivity index (χ3v) is 5.70. The largest absolute Gasteiger partial charge is 0.378 e. The lowest BCUT2D eigenvalue weighted by molar-refractivity contribution is 0.122. The predicted octanol–water partition coefficient (Wildman–Crippen LogP) is 1.89. The molecule has 2 aliphatic heterocycles. The molecule has 25 heavy (non-hydrogen) atoms. The molecule has 0 amide bonds. The number of hydrogen-bond acceptors (Lipinski definition) is 3. The van der Waals surface area contributed by atoms with E-state index in [0.29, 0.717) is 0 Å². The van der Waals surface area contributed by atoms with Gasteiger partial charge in [-0.1, -0.05) is 11.6 Å². The van der Waals surface area contributed by atoms with E-state index >= 15 is 0 Å². The number of halogens is 1. The molecule has 0 N–H and O–H groups in total. The Morgan fingerprint density at radius 2 is 2.00 bits per heavy atom. The van der Waals surface area contributed by atoms with Crippen LogP contribution in [0.3, 0.4) is 0 Å². The maximum Gasteiger partial charge on any atom is 0.220 e. The first-order valence-electron chi connectivity index (χ1n) is 9.03. The second kappa shape index (κ2) is 6.11. The third kappa shape index (κ3) is 2.83. The lowest BCUT2D eigenvalue weighted by Gasteiger charge is -2.27. The molecule has 3 aliphatic rings. The number of benzene rings is 1. The van der Waals surface area contributed by atoms with Gasteiger partial charge >= 0.3 is 0 Å². The van der Waals surface area contributed by atoms with Gasteiger partial charge in [0.1, 0.15) is 11.0 Å². The quantitative estimate of drug-likeness (QED) is 0.785. The van der Waals surface area contributed by atoms with Crippen molar-refractivity contribution in [1.29, 1.82) is 0 Å². The van der Waals surface area contributed by atoms with E-state index in [0.717, 1.165) is 66.0 Å². The molecule has 2 fully saturated rings. The monoisotopic (exact) mass is 354 g/mol. The molecule has 1 saturated carbocycles. The number of nitrogens with zero attached hydrogens (tertiary/aromatic N) is 3. The fourth-order valence-corrected chi connectivity index (χ4v) is 3.91. The van der Waals surface area contributed by atoms with Crippen molar-refractivity contribution in [3.8, 4) is 11.1 Å². The lowest BCUT2D eigenvalue weighted by atomic mass is 10.0. The third-order valence-electron chi connectivity index (χ3n) is 5.30. The topological polar surface area (TPSA) is 28.4 Å². The highest BCUT2D eigenvalue weighted by Gasteiger charge is 2.29. The summed E-state index contributed by atoms with van der Waals surface area (Å²) in [6, 6.07) is 8.51. The fourth-order valence-electron chi connectivity index (χ4n) is 3.59. The van der Waals surface area contributed by atoms with Gasteiger partial charge in [-0.3, -0.25) is 0 Å². The average molecular weight is 355 g/mol. The smallest absolute Gasteiger partial charge is 0.220 e. The molecule has 2 aromatic rings. The van der Waals surface area contributed by atoms with E-state index in [2.05, 4.69) is 44.9 Å². The molecule has 0 atom stereocenters. The van der Waals surface area contributed by atoms with Crippen LogP contribution in [0.5, 0.6) is 0 Å². The highest BCUT2D eigenvalue weighted by molar-refractivity contribution is 6.33. The molecule has 1 aromatic heterocycles. The summed E-state index contributed by atoms with van der Waals surface area (Å²) in [5.74, 6) is 1.88. The summed E-state index contributed by atoms with van der Waals surface area (Å²) in [4.78, 5) is 6.90. The molecule has 5 heteroatoms. The molecule has 0 bridgehead atoms. The highest BCUT2D eigenvalue weighted by Crippen LogP contribution is 2.29. The van der Waals surface area contributed by atoms with Gasteiger partial charge in [0, 0.05) is 42.4 Å². The van der Waals surface area contributed by atoms with E-state index in [1.54, 1.807) is 0 Å². The minimum Gasteiger partial charge on any atom is -0.378 e. The molecule has 0 radical (unpaired) electrons. The Morgan fingerprint density at radius 1 is 1.16 bits per heavy atom. The van der Waals surface area contributed by atoms with Crippen molar-refractivity contribution in [1.82, 2.24) is 9.56 Å². The first kappa shape index (κ1) is 15.4. The molecule has 128 valence electrons. The molecule has 0 spiro atoms. The van der Waals surface area contributed by atoms with Crippen LogP contribution >= 0.6 is 11.6 Å². The van der Waals surface area contributed by atoms with E-state index in [-0.39, 0.29) is 0 Å². The van der Waals surface area contributed by atoms with Crippen LogP contribution in [0.15, 0.2) is 30.5 Å². The summed E-state index contributed by atoms with van der Waals surface area (Å²) >= 11 is 6.68. The number of pyridine rings is 1. The molecule has 4 nitrogen and oxygen atoms in total. The molecular weight excluding hydrogens is 334 g/mol. The molecule has 1 aromatic carbocycles. The summed E-state index contributed by atoms with van der Waals surface area (Å²) in [6.07, 6.45) is 6.85. The first-order chi connectivity index (χ1) is 12.3.